The number of rotatable bonds is 2. The van der Waals surface area contributed by atoms with Crippen molar-refractivity contribution in [2.75, 3.05) is 0 Å². The van der Waals surface area contributed by atoms with Crippen molar-refractivity contribution >= 4 is 54.8 Å². The van der Waals surface area contributed by atoms with Crippen LogP contribution in [0.15, 0.2) is 49.5 Å². The zero-order valence-electron chi connectivity index (χ0n) is 9.86. The number of aryl methyl sites for hydroxylation is 1. The van der Waals surface area contributed by atoms with Crippen LogP contribution in [-0.2, 0) is 0 Å². The van der Waals surface area contributed by atoms with Gasteiger partial charge in [-0.2, -0.15) is 5.11 Å². The van der Waals surface area contributed by atoms with Crippen molar-refractivity contribution in [2.24, 2.45) is 10.2 Å². The molecular weight excluding hydrogens is 395 g/mol. The Hall–Kier alpha value is -0.910. The van der Waals surface area contributed by atoms with Crippen molar-refractivity contribution < 1.29 is 5.11 Å². The highest BCUT2D eigenvalue weighted by molar-refractivity contribution is 9.10. The van der Waals surface area contributed by atoms with Crippen LogP contribution in [0.5, 0.6) is 5.75 Å². The molecule has 2 aromatic rings. The maximum Gasteiger partial charge on any atom is 0.157 e. The first-order valence-corrected chi connectivity index (χ1v) is 7.29. The fraction of sp³-hybridized carbons (Fsp3) is 0.0769. The van der Waals surface area contributed by atoms with Gasteiger partial charge in [0.15, 0.2) is 5.75 Å². The van der Waals surface area contributed by atoms with Gasteiger partial charge in [0.1, 0.15) is 5.69 Å². The van der Waals surface area contributed by atoms with Crippen molar-refractivity contribution in [3.8, 4) is 5.75 Å². The molecule has 0 radical (unpaired) electrons. The molecule has 2 aromatic carbocycles. The van der Waals surface area contributed by atoms with Gasteiger partial charge in [-0.3, -0.25) is 0 Å². The summed E-state index contributed by atoms with van der Waals surface area (Å²) in [5.41, 5.74) is 2.00. The number of hydrogen-bond donors (Lipinski definition) is 1. The van der Waals surface area contributed by atoms with E-state index in [2.05, 4.69) is 42.1 Å². The highest BCUT2D eigenvalue weighted by atomic mass is 79.9. The van der Waals surface area contributed by atoms with E-state index in [1.165, 1.54) is 0 Å². The first-order valence-electron chi connectivity index (χ1n) is 5.33. The second-order valence-electron chi connectivity index (χ2n) is 3.91. The summed E-state index contributed by atoms with van der Waals surface area (Å²) in [7, 11) is 0. The van der Waals surface area contributed by atoms with Crippen molar-refractivity contribution in [3.63, 3.8) is 0 Å². The molecule has 0 saturated carbocycles. The normalized spacial score (nSPS) is 11.2. The summed E-state index contributed by atoms with van der Waals surface area (Å²) in [6.45, 7) is 1.92. The van der Waals surface area contributed by atoms with Gasteiger partial charge in [0.25, 0.3) is 0 Å². The molecule has 0 aliphatic carbocycles. The Bertz CT molecular complexity index is 659. The van der Waals surface area contributed by atoms with E-state index in [0.717, 1.165) is 10.0 Å². The third kappa shape index (κ3) is 3.55. The molecular formula is C13H9Br2ClN2O. The summed E-state index contributed by atoms with van der Waals surface area (Å²) in [5.74, 6) is 0.0672. The van der Waals surface area contributed by atoms with Gasteiger partial charge < -0.3 is 5.11 Å². The van der Waals surface area contributed by atoms with Crippen molar-refractivity contribution in [1.82, 2.24) is 0 Å². The number of benzene rings is 2. The maximum atomic E-state index is 9.86. The third-order valence-electron chi connectivity index (χ3n) is 2.36. The van der Waals surface area contributed by atoms with Gasteiger partial charge in [-0.15, -0.1) is 5.11 Å². The smallest absolute Gasteiger partial charge is 0.157 e. The average Bonchev–Trinajstić information content (AvgIpc) is 2.36. The molecule has 0 saturated heterocycles. The Kier molecular flexibility index (Phi) is 4.60. The molecule has 0 fully saturated rings. The number of hydrogen-bond acceptors (Lipinski definition) is 3. The topological polar surface area (TPSA) is 45.0 Å². The molecule has 0 aromatic heterocycles. The molecule has 0 atom stereocenters. The Morgan fingerprint density at radius 2 is 1.79 bits per heavy atom. The first kappa shape index (κ1) is 14.5. The summed E-state index contributed by atoms with van der Waals surface area (Å²) in [6, 6.07) is 8.83. The summed E-state index contributed by atoms with van der Waals surface area (Å²) in [4.78, 5) is 0. The quantitative estimate of drug-likeness (QED) is 0.587. The van der Waals surface area contributed by atoms with E-state index in [1.54, 1.807) is 24.3 Å². The van der Waals surface area contributed by atoms with E-state index >= 15 is 0 Å². The lowest BCUT2D eigenvalue weighted by atomic mass is 10.2. The van der Waals surface area contributed by atoms with Gasteiger partial charge in [0.05, 0.1) is 15.2 Å². The van der Waals surface area contributed by atoms with Crippen LogP contribution in [0.25, 0.3) is 0 Å². The second kappa shape index (κ2) is 6.03. The highest BCUT2D eigenvalue weighted by Crippen LogP contribution is 2.36. The van der Waals surface area contributed by atoms with Gasteiger partial charge in [0.2, 0.25) is 0 Å². The first-order chi connectivity index (χ1) is 8.97. The Morgan fingerprint density at radius 3 is 2.47 bits per heavy atom. The minimum atomic E-state index is 0.0672. The largest absolute Gasteiger partial charge is 0.505 e. The van der Waals surface area contributed by atoms with Crippen LogP contribution in [-0.4, -0.2) is 5.11 Å². The summed E-state index contributed by atoms with van der Waals surface area (Å²) >= 11 is 12.5. The minimum Gasteiger partial charge on any atom is -0.505 e. The number of nitrogens with zero attached hydrogens (tertiary/aromatic N) is 2. The third-order valence-corrected chi connectivity index (χ3v) is 4.20. The summed E-state index contributed by atoms with van der Waals surface area (Å²) in [6.07, 6.45) is 0. The molecule has 1 N–H and O–H groups in total. The molecule has 0 aliphatic rings. The number of azo groups is 1. The van der Waals surface area contributed by atoms with Crippen molar-refractivity contribution in [3.05, 3.63) is 49.9 Å². The van der Waals surface area contributed by atoms with Gasteiger partial charge in [-0.1, -0.05) is 11.6 Å². The average molecular weight is 404 g/mol. The molecule has 0 heterocycles. The minimum absolute atomic E-state index is 0.0672. The molecule has 2 rings (SSSR count). The SMILES string of the molecule is Cc1cc(Br)c(O)c(N=Nc2ccc(Br)c(Cl)c2)c1. The molecule has 3 nitrogen and oxygen atoms in total. The van der Waals surface area contributed by atoms with E-state index in [1.807, 2.05) is 13.0 Å². The zero-order chi connectivity index (χ0) is 14.0. The molecule has 98 valence electrons. The van der Waals surface area contributed by atoms with Crippen LogP contribution in [0.1, 0.15) is 5.56 Å². The highest BCUT2D eigenvalue weighted by Gasteiger charge is 2.06. The molecule has 0 bridgehead atoms. The second-order valence-corrected chi connectivity index (χ2v) is 6.03. The van der Waals surface area contributed by atoms with Crippen LogP contribution < -0.4 is 0 Å². The molecule has 0 unspecified atom stereocenters. The summed E-state index contributed by atoms with van der Waals surface area (Å²) in [5, 5.41) is 18.5. The van der Waals surface area contributed by atoms with Crippen LogP contribution in [0.4, 0.5) is 11.4 Å². The van der Waals surface area contributed by atoms with E-state index < -0.39 is 0 Å². The fourth-order valence-electron chi connectivity index (χ4n) is 1.45. The molecule has 0 spiro atoms. The van der Waals surface area contributed by atoms with Crippen LogP contribution in [0.3, 0.4) is 0 Å². The Morgan fingerprint density at radius 1 is 1.05 bits per heavy atom. The predicted octanol–water partition coefficient (Wildman–Crippen LogP) is 6.29. The van der Waals surface area contributed by atoms with Gasteiger partial charge in [-0.25, -0.2) is 0 Å². The standard InChI is InChI=1S/C13H9Br2ClN2O/c1-7-4-10(15)13(19)12(5-7)18-17-8-2-3-9(14)11(16)6-8/h2-6,19H,1H3. The molecule has 6 heteroatoms. The van der Waals surface area contributed by atoms with Gasteiger partial charge in [0, 0.05) is 4.47 Å². The van der Waals surface area contributed by atoms with Crippen LogP contribution in [0.2, 0.25) is 5.02 Å². The fourth-order valence-corrected chi connectivity index (χ4v) is 2.44. The molecule has 19 heavy (non-hydrogen) atoms. The zero-order valence-corrected chi connectivity index (χ0v) is 13.8. The van der Waals surface area contributed by atoms with E-state index in [0.29, 0.717) is 20.9 Å². The number of aromatic hydroxyl groups is 1. The number of phenols is 1. The van der Waals surface area contributed by atoms with E-state index in [4.69, 9.17) is 11.6 Å². The molecule has 0 amide bonds. The van der Waals surface area contributed by atoms with Crippen molar-refractivity contribution in [2.45, 2.75) is 6.92 Å². The Balaban J connectivity index is 2.35. The lowest BCUT2D eigenvalue weighted by Gasteiger charge is -2.02. The van der Waals surface area contributed by atoms with Crippen LogP contribution >= 0.6 is 43.5 Å². The number of phenolic OH excluding ortho intramolecular Hbond substituents is 1. The van der Waals surface area contributed by atoms with Gasteiger partial charge >= 0.3 is 0 Å². The van der Waals surface area contributed by atoms with Crippen LogP contribution in [0, 0.1) is 6.92 Å². The van der Waals surface area contributed by atoms with E-state index in [-0.39, 0.29) is 5.75 Å². The van der Waals surface area contributed by atoms with Crippen molar-refractivity contribution in [1.29, 1.82) is 0 Å². The number of halogens is 3. The monoisotopic (exact) mass is 402 g/mol. The van der Waals surface area contributed by atoms with E-state index in [9.17, 15) is 5.11 Å². The summed E-state index contributed by atoms with van der Waals surface area (Å²) < 4.78 is 1.39. The predicted molar refractivity (Wildman–Crippen MR) is 83.9 cm³/mol. The molecule has 0 aliphatic heterocycles. The van der Waals surface area contributed by atoms with Gasteiger partial charge in [-0.05, 0) is 74.7 Å². The lowest BCUT2D eigenvalue weighted by Crippen LogP contribution is -1.75. The maximum absolute atomic E-state index is 9.86. The Labute approximate surface area is 132 Å². The lowest BCUT2D eigenvalue weighted by molar-refractivity contribution is 0.473.